The molecule has 2 fully saturated rings. The maximum atomic E-state index is 12.7. The Morgan fingerprint density at radius 1 is 1.48 bits per heavy atom. The van der Waals surface area contributed by atoms with Crippen molar-refractivity contribution in [2.75, 3.05) is 19.8 Å². The zero-order chi connectivity index (χ0) is 16.4. The lowest BCUT2D eigenvalue weighted by molar-refractivity contribution is 0.00507. The van der Waals surface area contributed by atoms with Crippen molar-refractivity contribution < 1.29 is 9.53 Å². The molecule has 3 rings (SSSR count). The highest BCUT2D eigenvalue weighted by molar-refractivity contribution is 7.09. The van der Waals surface area contributed by atoms with Crippen LogP contribution in [0.4, 0.5) is 4.79 Å². The third-order valence-electron chi connectivity index (χ3n) is 4.48. The Balaban J connectivity index is 1.59. The Labute approximate surface area is 142 Å². The van der Waals surface area contributed by atoms with Crippen LogP contribution in [-0.4, -0.2) is 41.7 Å². The van der Waals surface area contributed by atoms with Gasteiger partial charge in [0.05, 0.1) is 36.0 Å². The van der Waals surface area contributed by atoms with Gasteiger partial charge in [-0.3, -0.25) is 0 Å². The first-order valence-corrected chi connectivity index (χ1v) is 9.52. The van der Waals surface area contributed by atoms with Crippen LogP contribution in [0.25, 0.3) is 0 Å². The second-order valence-electron chi connectivity index (χ2n) is 7.11. The van der Waals surface area contributed by atoms with E-state index in [4.69, 9.17) is 9.72 Å². The first kappa shape index (κ1) is 16.7. The van der Waals surface area contributed by atoms with E-state index in [1.807, 2.05) is 11.8 Å². The van der Waals surface area contributed by atoms with Crippen molar-refractivity contribution in [2.24, 2.45) is 5.92 Å². The molecule has 1 saturated carbocycles. The molecule has 1 saturated heterocycles. The second kappa shape index (κ2) is 7.18. The van der Waals surface area contributed by atoms with E-state index in [1.165, 1.54) is 17.8 Å². The van der Waals surface area contributed by atoms with Crippen molar-refractivity contribution in [3.8, 4) is 0 Å². The molecule has 128 valence electrons. The van der Waals surface area contributed by atoms with Crippen molar-refractivity contribution >= 4 is 17.4 Å². The van der Waals surface area contributed by atoms with Gasteiger partial charge in [0.15, 0.2) is 0 Å². The molecule has 0 radical (unpaired) electrons. The number of ether oxygens (including phenoxy) is 1. The van der Waals surface area contributed by atoms with E-state index < -0.39 is 0 Å². The normalized spacial score (nSPS) is 23.1. The summed E-state index contributed by atoms with van der Waals surface area (Å²) in [7, 11) is 0. The van der Waals surface area contributed by atoms with Gasteiger partial charge in [-0.2, -0.15) is 0 Å². The second-order valence-corrected chi connectivity index (χ2v) is 8.00. The number of aromatic nitrogens is 1. The van der Waals surface area contributed by atoms with Crippen LogP contribution in [0.1, 0.15) is 62.7 Å². The Kier molecular flexibility index (Phi) is 5.21. The quantitative estimate of drug-likeness (QED) is 0.894. The number of carbonyl (C=O) groups excluding carboxylic acids is 1. The SMILES string of the molecule is CC(C)C[C@@H]1COCCN1C(=O)N[C@H](C)c1csc(C2CC2)n1. The summed E-state index contributed by atoms with van der Waals surface area (Å²) in [4.78, 5) is 19.3. The highest BCUT2D eigenvalue weighted by atomic mass is 32.1. The lowest BCUT2D eigenvalue weighted by atomic mass is 10.0. The van der Waals surface area contributed by atoms with E-state index >= 15 is 0 Å². The van der Waals surface area contributed by atoms with Crippen LogP contribution in [0, 0.1) is 5.92 Å². The van der Waals surface area contributed by atoms with Crippen LogP contribution in [0.3, 0.4) is 0 Å². The summed E-state index contributed by atoms with van der Waals surface area (Å²) in [6.07, 6.45) is 3.50. The molecule has 1 aliphatic heterocycles. The molecule has 23 heavy (non-hydrogen) atoms. The third kappa shape index (κ3) is 4.23. The monoisotopic (exact) mass is 337 g/mol. The van der Waals surface area contributed by atoms with Gasteiger partial charge in [0, 0.05) is 17.8 Å². The minimum absolute atomic E-state index is 0.00687. The molecule has 0 bridgehead atoms. The predicted molar refractivity (Wildman–Crippen MR) is 91.8 cm³/mol. The molecule has 2 aliphatic rings. The number of morpholine rings is 1. The maximum Gasteiger partial charge on any atom is 0.318 e. The van der Waals surface area contributed by atoms with Crippen molar-refractivity contribution in [2.45, 2.75) is 58.0 Å². The topological polar surface area (TPSA) is 54.5 Å². The number of rotatable bonds is 5. The summed E-state index contributed by atoms with van der Waals surface area (Å²) in [6, 6.07) is 0.134. The van der Waals surface area contributed by atoms with E-state index in [9.17, 15) is 4.79 Å². The highest BCUT2D eigenvalue weighted by Crippen LogP contribution is 2.41. The number of nitrogens with one attached hydrogen (secondary N) is 1. The molecular weight excluding hydrogens is 310 g/mol. The molecule has 0 aromatic carbocycles. The number of nitrogens with zero attached hydrogens (tertiary/aromatic N) is 2. The zero-order valence-corrected chi connectivity index (χ0v) is 15.1. The van der Waals surface area contributed by atoms with Crippen LogP contribution in [0.2, 0.25) is 0 Å². The van der Waals surface area contributed by atoms with Gasteiger partial charge in [-0.05, 0) is 32.1 Å². The highest BCUT2D eigenvalue weighted by Gasteiger charge is 2.30. The molecule has 6 heteroatoms. The maximum absolute atomic E-state index is 12.7. The average molecular weight is 337 g/mol. The fourth-order valence-electron chi connectivity index (χ4n) is 3.02. The standard InChI is InChI=1S/C17H27N3O2S/c1-11(2)8-14-9-22-7-6-20(14)17(21)18-12(3)15-10-23-16(19-15)13-4-5-13/h10-14H,4-9H2,1-3H3,(H,18,21)/t12-,14-/m1/s1. The number of hydrogen-bond donors (Lipinski definition) is 1. The Morgan fingerprint density at radius 3 is 2.96 bits per heavy atom. The fraction of sp³-hybridized carbons (Fsp3) is 0.765. The Bertz CT molecular complexity index is 542. The fourth-order valence-corrected chi connectivity index (χ4v) is 4.11. The molecular formula is C17H27N3O2S. The molecule has 2 amide bonds. The number of amides is 2. The average Bonchev–Trinajstić information content (AvgIpc) is 3.24. The van der Waals surface area contributed by atoms with Crippen molar-refractivity contribution in [1.82, 2.24) is 15.2 Å². The van der Waals surface area contributed by atoms with Crippen molar-refractivity contribution in [1.29, 1.82) is 0 Å². The third-order valence-corrected chi connectivity index (χ3v) is 5.51. The van der Waals surface area contributed by atoms with Crippen molar-refractivity contribution in [3.63, 3.8) is 0 Å². The largest absolute Gasteiger partial charge is 0.377 e. The van der Waals surface area contributed by atoms with Gasteiger partial charge in [0.2, 0.25) is 0 Å². The number of urea groups is 1. The van der Waals surface area contributed by atoms with E-state index in [0.717, 1.165) is 12.1 Å². The minimum atomic E-state index is -0.0474. The van der Waals surface area contributed by atoms with Gasteiger partial charge >= 0.3 is 6.03 Å². The van der Waals surface area contributed by atoms with Gasteiger partial charge in [0.25, 0.3) is 0 Å². The molecule has 0 unspecified atom stereocenters. The molecule has 2 atom stereocenters. The Morgan fingerprint density at radius 2 is 2.26 bits per heavy atom. The zero-order valence-electron chi connectivity index (χ0n) is 14.2. The van der Waals surface area contributed by atoms with Gasteiger partial charge < -0.3 is 15.0 Å². The summed E-state index contributed by atoms with van der Waals surface area (Å²) in [5, 5.41) is 6.43. The number of hydrogen-bond acceptors (Lipinski definition) is 4. The first-order chi connectivity index (χ1) is 11.0. The van der Waals surface area contributed by atoms with Gasteiger partial charge in [-0.25, -0.2) is 9.78 Å². The van der Waals surface area contributed by atoms with E-state index in [2.05, 4.69) is 24.5 Å². The molecule has 2 heterocycles. The Hall–Kier alpha value is -1.14. The van der Waals surface area contributed by atoms with Crippen molar-refractivity contribution in [3.05, 3.63) is 16.1 Å². The van der Waals surface area contributed by atoms with Gasteiger partial charge in [0.1, 0.15) is 0 Å². The molecule has 1 N–H and O–H groups in total. The molecule has 5 nitrogen and oxygen atoms in total. The smallest absolute Gasteiger partial charge is 0.318 e. The van der Waals surface area contributed by atoms with Crippen LogP contribution in [0.15, 0.2) is 5.38 Å². The van der Waals surface area contributed by atoms with Crippen LogP contribution in [-0.2, 0) is 4.74 Å². The van der Waals surface area contributed by atoms with E-state index in [-0.39, 0.29) is 18.1 Å². The molecule has 1 aromatic heterocycles. The van der Waals surface area contributed by atoms with Crippen LogP contribution >= 0.6 is 11.3 Å². The molecule has 0 spiro atoms. The van der Waals surface area contributed by atoms with Gasteiger partial charge in [-0.1, -0.05) is 13.8 Å². The number of thiazole rings is 1. The summed E-state index contributed by atoms with van der Waals surface area (Å²) < 4.78 is 5.56. The predicted octanol–water partition coefficient (Wildman–Crippen LogP) is 3.54. The molecule has 1 aromatic rings. The van der Waals surface area contributed by atoms with E-state index in [0.29, 0.717) is 31.6 Å². The molecule has 1 aliphatic carbocycles. The lowest BCUT2D eigenvalue weighted by Crippen LogP contribution is -2.53. The van der Waals surface area contributed by atoms with E-state index in [1.54, 1.807) is 11.3 Å². The van der Waals surface area contributed by atoms with Gasteiger partial charge in [-0.15, -0.1) is 11.3 Å². The summed E-state index contributed by atoms with van der Waals surface area (Å²) in [5.74, 6) is 1.22. The van der Waals surface area contributed by atoms with Crippen LogP contribution < -0.4 is 5.32 Å². The first-order valence-electron chi connectivity index (χ1n) is 8.64. The van der Waals surface area contributed by atoms with Crippen LogP contribution in [0.5, 0.6) is 0 Å². The minimum Gasteiger partial charge on any atom is -0.377 e. The summed E-state index contributed by atoms with van der Waals surface area (Å²) >= 11 is 1.72. The summed E-state index contributed by atoms with van der Waals surface area (Å²) in [5.41, 5.74) is 0.985. The number of carbonyl (C=O) groups is 1. The summed E-state index contributed by atoms with van der Waals surface area (Å²) in [6.45, 7) is 8.31. The lowest BCUT2D eigenvalue weighted by Gasteiger charge is -2.37.